The van der Waals surface area contributed by atoms with E-state index in [1.54, 1.807) is 6.07 Å². The second kappa shape index (κ2) is 9.76. The third-order valence-corrected chi connectivity index (χ3v) is 9.34. The predicted molar refractivity (Wildman–Crippen MR) is 131 cm³/mol. The van der Waals surface area contributed by atoms with Gasteiger partial charge in [-0.25, -0.2) is 27.4 Å². The number of aromatic nitrogens is 1. The molecule has 190 valence electrons. The SMILES string of the molecule is [C-]#[N+]c1ccc(CN2CCCC3(CCN(S(=O)(=O)c4ccc(N5CCOC5=O)nc4)CC3)C2)cc1F. The van der Waals surface area contributed by atoms with Gasteiger partial charge < -0.3 is 4.74 Å². The molecule has 3 aliphatic heterocycles. The fourth-order valence-corrected chi connectivity index (χ4v) is 6.87. The lowest BCUT2D eigenvalue weighted by atomic mass is 9.73. The summed E-state index contributed by atoms with van der Waals surface area (Å²) in [5.74, 6) is -0.115. The van der Waals surface area contributed by atoms with E-state index in [9.17, 15) is 17.6 Å². The van der Waals surface area contributed by atoms with Crippen LogP contribution < -0.4 is 4.90 Å². The molecule has 1 aromatic carbocycles. The first-order valence-corrected chi connectivity index (χ1v) is 13.5. The monoisotopic (exact) mass is 513 g/mol. The fraction of sp³-hybridized carbons (Fsp3) is 0.480. The van der Waals surface area contributed by atoms with E-state index in [4.69, 9.17) is 11.3 Å². The maximum absolute atomic E-state index is 14.0. The molecule has 0 unspecified atom stereocenters. The largest absolute Gasteiger partial charge is 0.447 e. The summed E-state index contributed by atoms with van der Waals surface area (Å²) in [6.45, 7) is 10.9. The highest BCUT2D eigenvalue weighted by molar-refractivity contribution is 7.89. The Labute approximate surface area is 210 Å². The highest BCUT2D eigenvalue weighted by Crippen LogP contribution is 2.41. The second-order valence-corrected chi connectivity index (χ2v) is 11.7. The number of hydrogen-bond acceptors (Lipinski definition) is 6. The van der Waals surface area contributed by atoms with Crippen LogP contribution in [-0.4, -0.2) is 68.0 Å². The van der Waals surface area contributed by atoms with Crippen molar-refractivity contribution in [3.8, 4) is 0 Å². The number of halogens is 1. The van der Waals surface area contributed by atoms with Crippen molar-refractivity contribution in [1.82, 2.24) is 14.2 Å². The number of hydrogen-bond donors (Lipinski definition) is 0. The van der Waals surface area contributed by atoms with E-state index in [-0.39, 0.29) is 16.0 Å². The third kappa shape index (κ3) is 4.81. The number of benzene rings is 1. The number of piperidine rings is 2. The standard InChI is InChI=1S/C25H28FN5O4S/c1-27-22-5-3-19(15-21(22)26)17-29-10-2-7-25(18-29)8-11-30(12-9-25)36(33,34)20-4-6-23(28-16-20)31-13-14-35-24(31)32/h3-6,15-16H,2,7-14,17-18H2. The molecular weight excluding hydrogens is 485 g/mol. The molecule has 0 N–H and O–H groups in total. The molecule has 0 saturated carbocycles. The van der Waals surface area contributed by atoms with Crippen molar-refractivity contribution in [1.29, 1.82) is 0 Å². The number of anilines is 1. The predicted octanol–water partition coefficient (Wildman–Crippen LogP) is 3.79. The van der Waals surface area contributed by atoms with Gasteiger partial charge in [0.15, 0.2) is 0 Å². The maximum Gasteiger partial charge on any atom is 0.415 e. The number of likely N-dealkylation sites (tertiary alicyclic amines) is 1. The average Bonchev–Trinajstić information content (AvgIpc) is 3.30. The molecule has 36 heavy (non-hydrogen) atoms. The van der Waals surface area contributed by atoms with E-state index in [2.05, 4.69) is 14.7 Å². The number of amides is 1. The maximum atomic E-state index is 14.0. The van der Waals surface area contributed by atoms with Crippen LogP contribution in [0.1, 0.15) is 31.2 Å². The minimum Gasteiger partial charge on any atom is -0.447 e. The number of carbonyl (C=O) groups excluding carboxylic acids is 1. The molecular formula is C25H28FN5O4S. The van der Waals surface area contributed by atoms with Crippen molar-refractivity contribution in [2.75, 3.05) is 44.2 Å². The Balaban J connectivity index is 1.21. The number of sulfonamides is 1. The topological polar surface area (TPSA) is 87.4 Å². The summed E-state index contributed by atoms with van der Waals surface area (Å²) < 4.78 is 47.0. The summed E-state index contributed by atoms with van der Waals surface area (Å²) in [6, 6.07) is 7.80. The minimum absolute atomic E-state index is 0.0332. The number of nitrogens with zero attached hydrogens (tertiary/aromatic N) is 5. The molecule has 0 atom stereocenters. The zero-order valence-electron chi connectivity index (χ0n) is 19.9. The van der Waals surface area contributed by atoms with Crippen LogP contribution in [0.3, 0.4) is 0 Å². The Morgan fingerprint density at radius 2 is 1.92 bits per heavy atom. The van der Waals surface area contributed by atoms with Crippen LogP contribution in [0.4, 0.5) is 20.7 Å². The van der Waals surface area contributed by atoms with Crippen LogP contribution in [-0.2, 0) is 21.3 Å². The first kappa shape index (κ1) is 24.6. The molecule has 2 aromatic rings. The van der Waals surface area contributed by atoms with Gasteiger partial charge in [-0.2, -0.15) is 4.31 Å². The highest BCUT2D eigenvalue weighted by atomic mass is 32.2. The number of cyclic esters (lactones) is 1. The Kier molecular flexibility index (Phi) is 6.68. The Morgan fingerprint density at radius 3 is 2.56 bits per heavy atom. The van der Waals surface area contributed by atoms with E-state index in [1.165, 1.54) is 39.7 Å². The fourth-order valence-electron chi connectivity index (χ4n) is 5.49. The van der Waals surface area contributed by atoms with Gasteiger partial charge in [-0.3, -0.25) is 9.80 Å². The highest BCUT2D eigenvalue weighted by Gasteiger charge is 2.41. The summed E-state index contributed by atoms with van der Waals surface area (Å²) in [5, 5.41) is 0. The van der Waals surface area contributed by atoms with Crippen molar-refractivity contribution in [3.05, 3.63) is 59.3 Å². The van der Waals surface area contributed by atoms with Crippen LogP contribution in [0.5, 0.6) is 0 Å². The van der Waals surface area contributed by atoms with Crippen LogP contribution in [0.15, 0.2) is 41.4 Å². The van der Waals surface area contributed by atoms with Gasteiger partial charge in [0.1, 0.15) is 23.1 Å². The van der Waals surface area contributed by atoms with Crippen LogP contribution in [0, 0.1) is 17.8 Å². The van der Waals surface area contributed by atoms with Crippen molar-refractivity contribution in [2.45, 2.75) is 37.1 Å². The lowest BCUT2D eigenvalue weighted by Gasteiger charge is -2.47. The van der Waals surface area contributed by atoms with E-state index in [0.717, 1.165) is 44.3 Å². The molecule has 0 bridgehead atoms. The summed E-state index contributed by atoms with van der Waals surface area (Å²) in [7, 11) is -3.69. The molecule has 4 heterocycles. The summed E-state index contributed by atoms with van der Waals surface area (Å²) >= 11 is 0. The van der Waals surface area contributed by atoms with Crippen molar-refractivity contribution in [2.24, 2.45) is 5.41 Å². The van der Waals surface area contributed by atoms with E-state index in [0.29, 0.717) is 38.6 Å². The van der Waals surface area contributed by atoms with Crippen molar-refractivity contribution in [3.63, 3.8) is 0 Å². The summed E-state index contributed by atoms with van der Waals surface area (Å²) in [5.41, 5.74) is 0.915. The van der Waals surface area contributed by atoms with Gasteiger partial charge in [0, 0.05) is 32.4 Å². The van der Waals surface area contributed by atoms with Gasteiger partial charge in [0.05, 0.1) is 13.1 Å². The smallest absolute Gasteiger partial charge is 0.415 e. The van der Waals surface area contributed by atoms with Crippen LogP contribution >= 0.6 is 0 Å². The Bertz CT molecular complexity index is 1290. The molecule has 1 aromatic heterocycles. The number of ether oxygens (including phenoxy) is 1. The number of rotatable bonds is 5. The van der Waals surface area contributed by atoms with Gasteiger partial charge in [0.25, 0.3) is 0 Å². The zero-order valence-corrected chi connectivity index (χ0v) is 20.7. The van der Waals surface area contributed by atoms with Gasteiger partial charge in [-0.15, -0.1) is 0 Å². The average molecular weight is 514 g/mol. The molecule has 11 heteroatoms. The first-order chi connectivity index (χ1) is 17.3. The second-order valence-electron chi connectivity index (χ2n) is 9.73. The third-order valence-electron chi connectivity index (χ3n) is 7.46. The molecule has 0 radical (unpaired) electrons. The Hall–Kier alpha value is -3.07. The van der Waals surface area contributed by atoms with Gasteiger partial charge in [0.2, 0.25) is 15.7 Å². The van der Waals surface area contributed by atoms with Gasteiger partial charge in [-0.1, -0.05) is 12.1 Å². The summed E-state index contributed by atoms with van der Waals surface area (Å²) in [4.78, 5) is 22.9. The molecule has 3 aliphatic rings. The van der Waals surface area contributed by atoms with E-state index >= 15 is 0 Å². The summed E-state index contributed by atoms with van der Waals surface area (Å²) in [6.07, 6.45) is 4.41. The van der Waals surface area contributed by atoms with Crippen molar-refractivity contribution >= 4 is 27.6 Å². The Morgan fingerprint density at radius 1 is 1.11 bits per heavy atom. The molecule has 5 rings (SSSR count). The lowest BCUT2D eigenvalue weighted by molar-refractivity contribution is 0.0393. The van der Waals surface area contributed by atoms with E-state index < -0.39 is 21.9 Å². The molecule has 3 saturated heterocycles. The van der Waals surface area contributed by atoms with Gasteiger partial charge in [-0.05, 0) is 61.4 Å². The van der Waals surface area contributed by atoms with E-state index in [1.807, 2.05) is 0 Å². The lowest BCUT2D eigenvalue weighted by Crippen LogP contribution is -2.50. The minimum atomic E-state index is -3.69. The normalized spacial score (nSPS) is 20.9. The van der Waals surface area contributed by atoms with Crippen molar-refractivity contribution < 1.29 is 22.3 Å². The van der Waals surface area contributed by atoms with Gasteiger partial charge >= 0.3 is 6.09 Å². The molecule has 1 spiro atoms. The first-order valence-electron chi connectivity index (χ1n) is 12.1. The number of carbonyl (C=O) groups is 1. The van der Waals surface area contributed by atoms with Crippen LogP contribution in [0.2, 0.25) is 0 Å². The zero-order chi connectivity index (χ0) is 25.3. The van der Waals surface area contributed by atoms with Crippen LogP contribution in [0.25, 0.3) is 4.85 Å². The molecule has 1 amide bonds. The molecule has 0 aliphatic carbocycles. The number of pyridine rings is 1. The molecule has 3 fully saturated rings. The molecule has 9 nitrogen and oxygen atoms in total. The quantitative estimate of drug-likeness (QED) is 0.566.